The maximum absolute atomic E-state index is 10.8. The van der Waals surface area contributed by atoms with Crippen molar-refractivity contribution >= 4 is 35.2 Å². The Morgan fingerprint density at radius 1 is 1.13 bits per heavy atom. The number of carboxylic acids is 1. The Balaban J connectivity index is 1.95. The molecular formula is C17H17N3O2S. The molecule has 23 heavy (non-hydrogen) atoms. The van der Waals surface area contributed by atoms with Gasteiger partial charge in [0, 0.05) is 5.69 Å². The summed E-state index contributed by atoms with van der Waals surface area (Å²) in [7, 11) is 0. The van der Waals surface area contributed by atoms with Crippen LogP contribution in [0.5, 0.6) is 0 Å². The summed E-state index contributed by atoms with van der Waals surface area (Å²) in [4.78, 5) is 10.8. The van der Waals surface area contributed by atoms with Crippen molar-refractivity contribution in [3.05, 3.63) is 64.7 Å². The number of rotatable bonds is 4. The van der Waals surface area contributed by atoms with Crippen LogP contribution in [0, 0.1) is 13.8 Å². The van der Waals surface area contributed by atoms with E-state index in [0.717, 1.165) is 22.4 Å². The van der Waals surface area contributed by atoms with E-state index in [1.807, 2.05) is 32.0 Å². The number of hydrazone groups is 1. The van der Waals surface area contributed by atoms with E-state index in [1.165, 1.54) is 12.1 Å². The summed E-state index contributed by atoms with van der Waals surface area (Å²) in [6.45, 7) is 4.01. The number of hydrogen-bond acceptors (Lipinski definition) is 3. The Bertz CT molecular complexity index is 735. The van der Waals surface area contributed by atoms with Crippen LogP contribution in [0.25, 0.3) is 0 Å². The van der Waals surface area contributed by atoms with Crippen LogP contribution in [0.1, 0.15) is 27.0 Å². The highest BCUT2D eigenvalue weighted by molar-refractivity contribution is 7.80. The van der Waals surface area contributed by atoms with Gasteiger partial charge in [0.25, 0.3) is 0 Å². The van der Waals surface area contributed by atoms with E-state index in [2.05, 4.69) is 15.8 Å². The standard InChI is InChI=1S/C17H17N3O2S/c1-11-4-3-5-12(2)15(11)19-17(23)20-18-10-13-6-8-14(9-7-13)16(21)22/h3-10H,1-2H3,(H,21,22)(H2,19,20,23)/b18-10-. The number of thiocarbonyl (C=S) groups is 1. The first kappa shape index (κ1) is 16.6. The summed E-state index contributed by atoms with van der Waals surface area (Å²) in [6.07, 6.45) is 1.57. The van der Waals surface area contributed by atoms with Crippen LogP contribution in [0.4, 0.5) is 5.69 Å². The summed E-state index contributed by atoms with van der Waals surface area (Å²) < 4.78 is 0. The molecule has 0 aliphatic heterocycles. The van der Waals surface area contributed by atoms with Crippen LogP contribution in [0.2, 0.25) is 0 Å². The molecular weight excluding hydrogens is 310 g/mol. The Hall–Kier alpha value is -2.73. The number of carboxylic acid groups (broad SMARTS) is 1. The molecule has 5 nitrogen and oxygen atoms in total. The highest BCUT2D eigenvalue weighted by Gasteiger charge is 2.03. The van der Waals surface area contributed by atoms with Gasteiger partial charge in [0.1, 0.15) is 0 Å². The SMILES string of the molecule is Cc1cccc(C)c1NC(=S)N/N=C\c1ccc(C(=O)O)cc1. The normalized spacial score (nSPS) is 10.5. The van der Waals surface area contributed by atoms with Gasteiger partial charge in [0.2, 0.25) is 0 Å². The molecule has 0 fully saturated rings. The maximum Gasteiger partial charge on any atom is 0.335 e. The lowest BCUT2D eigenvalue weighted by Gasteiger charge is -2.12. The molecule has 0 atom stereocenters. The molecule has 0 radical (unpaired) electrons. The van der Waals surface area contributed by atoms with Crippen molar-refractivity contribution in [2.45, 2.75) is 13.8 Å². The molecule has 0 aliphatic carbocycles. The van der Waals surface area contributed by atoms with Crippen LogP contribution in [-0.2, 0) is 0 Å². The minimum atomic E-state index is -0.953. The first-order valence-electron chi connectivity index (χ1n) is 6.97. The van der Waals surface area contributed by atoms with Crippen LogP contribution in [0.15, 0.2) is 47.6 Å². The molecule has 2 aromatic rings. The van der Waals surface area contributed by atoms with Gasteiger partial charge >= 0.3 is 5.97 Å². The van der Waals surface area contributed by atoms with E-state index in [1.54, 1.807) is 18.3 Å². The van der Waals surface area contributed by atoms with Gasteiger partial charge in [-0.25, -0.2) is 4.79 Å². The van der Waals surface area contributed by atoms with Gasteiger partial charge in [0.15, 0.2) is 5.11 Å². The summed E-state index contributed by atoms with van der Waals surface area (Å²) in [6, 6.07) is 12.4. The van der Waals surface area contributed by atoms with Gasteiger partial charge in [-0.15, -0.1) is 0 Å². The van der Waals surface area contributed by atoms with Crippen molar-refractivity contribution in [2.75, 3.05) is 5.32 Å². The third-order valence-electron chi connectivity index (χ3n) is 3.26. The summed E-state index contributed by atoms with van der Waals surface area (Å²) in [5.41, 5.74) is 6.92. The minimum Gasteiger partial charge on any atom is -0.478 e. The fraction of sp³-hybridized carbons (Fsp3) is 0.118. The predicted octanol–water partition coefficient (Wildman–Crippen LogP) is 3.32. The molecule has 0 unspecified atom stereocenters. The summed E-state index contributed by atoms with van der Waals surface area (Å²) in [5.74, 6) is -0.953. The molecule has 118 valence electrons. The highest BCUT2D eigenvalue weighted by Crippen LogP contribution is 2.19. The Kier molecular flexibility index (Phi) is 5.43. The summed E-state index contributed by atoms with van der Waals surface area (Å²) in [5, 5.41) is 16.4. The zero-order chi connectivity index (χ0) is 16.8. The van der Waals surface area contributed by atoms with Crippen LogP contribution in [-0.4, -0.2) is 22.4 Å². The third kappa shape index (κ3) is 4.62. The molecule has 0 spiro atoms. The molecule has 0 saturated carbocycles. The number of carbonyl (C=O) groups is 1. The predicted molar refractivity (Wildman–Crippen MR) is 96.3 cm³/mol. The second-order valence-electron chi connectivity index (χ2n) is 5.02. The van der Waals surface area contributed by atoms with Crippen molar-refractivity contribution in [2.24, 2.45) is 5.10 Å². The molecule has 0 heterocycles. The molecule has 2 rings (SSSR count). The smallest absolute Gasteiger partial charge is 0.335 e. The van der Waals surface area contributed by atoms with E-state index in [-0.39, 0.29) is 5.56 Å². The van der Waals surface area contributed by atoms with Crippen LogP contribution in [0.3, 0.4) is 0 Å². The van der Waals surface area contributed by atoms with E-state index in [9.17, 15) is 4.79 Å². The third-order valence-corrected chi connectivity index (χ3v) is 3.45. The number of nitrogens with zero attached hydrogens (tertiary/aromatic N) is 1. The number of nitrogens with one attached hydrogen (secondary N) is 2. The van der Waals surface area contributed by atoms with Gasteiger partial charge in [-0.1, -0.05) is 30.3 Å². The average molecular weight is 327 g/mol. The molecule has 2 aromatic carbocycles. The van der Waals surface area contributed by atoms with Gasteiger partial charge < -0.3 is 10.4 Å². The van der Waals surface area contributed by atoms with Crippen LogP contribution >= 0.6 is 12.2 Å². The maximum atomic E-state index is 10.8. The number of aromatic carboxylic acids is 1. The van der Waals surface area contributed by atoms with Gasteiger partial charge in [-0.3, -0.25) is 5.43 Å². The average Bonchev–Trinajstić information content (AvgIpc) is 2.51. The fourth-order valence-electron chi connectivity index (χ4n) is 2.03. The molecule has 0 saturated heterocycles. The number of benzene rings is 2. The fourth-order valence-corrected chi connectivity index (χ4v) is 2.19. The Morgan fingerprint density at radius 3 is 2.30 bits per heavy atom. The Labute approximate surface area is 140 Å². The van der Waals surface area contributed by atoms with Crippen molar-refractivity contribution in [1.29, 1.82) is 0 Å². The molecule has 3 N–H and O–H groups in total. The zero-order valence-corrected chi connectivity index (χ0v) is 13.6. The minimum absolute atomic E-state index is 0.238. The molecule has 0 aliphatic rings. The Morgan fingerprint density at radius 2 is 1.74 bits per heavy atom. The molecule has 0 amide bonds. The number of hydrogen-bond donors (Lipinski definition) is 3. The second kappa shape index (κ2) is 7.51. The van der Waals surface area contributed by atoms with Crippen molar-refractivity contribution in [3.63, 3.8) is 0 Å². The van der Waals surface area contributed by atoms with E-state index in [4.69, 9.17) is 17.3 Å². The largest absolute Gasteiger partial charge is 0.478 e. The van der Waals surface area contributed by atoms with Gasteiger partial charge in [-0.2, -0.15) is 5.10 Å². The van der Waals surface area contributed by atoms with Crippen molar-refractivity contribution in [1.82, 2.24) is 5.43 Å². The zero-order valence-electron chi connectivity index (χ0n) is 12.8. The lowest BCUT2D eigenvalue weighted by Crippen LogP contribution is -2.24. The monoisotopic (exact) mass is 327 g/mol. The first-order valence-corrected chi connectivity index (χ1v) is 7.38. The molecule has 0 bridgehead atoms. The van der Waals surface area contributed by atoms with Gasteiger partial charge in [-0.05, 0) is 54.9 Å². The van der Waals surface area contributed by atoms with E-state index >= 15 is 0 Å². The van der Waals surface area contributed by atoms with Crippen molar-refractivity contribution < 1.29 is 9.90 Å². The van der Waals surface area contributed by atoms with Crippen LogP contribution < -0.4 is 10.7 Å². The lowest BCUT2D eigenvalue weighted by molar-refractivity contribution is 0.0697. The highest BCUT2D eigenvalue weighted by atomic mass is 32.1. The van der Waals surface area contributed by atoms with E-state index < -0.39 is 5.97 Å². The second-order valence-corrected chi connectivity index (χ2v) is 5.43. The van der Waals surface area contributed by atoms with E-state index in [0.29, 0.717) is 5.11 Å². The van der Waals surface area contributed by atoms with Crippen molar-refractivity contribution in [3.8, 4) is 0 Å². The number of anilines is 1. The summed E-state index contributed by atoms with van der Waals surface area (Å²) >= 11 is 5.21. The number of para-hydroxylation sites is 1. The molecule has 0 aromatic heterocycles. The molecule has 6 heteroatoms. The topological polar surface area (TPSA) is 73.7 Å². The first-order chi connectivity index (χ1) is 11.0. The van der Waals surface area contributed by atoms with Gasteiger partial charge in [0.05, 0.1) is 11.8 Å². The lowest BCUT2D eigenvalue weighted by atomic mass is 10.1. The number of aryl methyl sites for hydroxylation is 2. The quantitative estimate of drug-likeness (QED) is 0.456.